The molecule has 0 aromatic heterocycles. The smallest absolute Gasteiger partial charge is 0.124 e. The number of hydrogen-bond acceptors (Lipinski definition) is 2. The van der Waals surface area contributed by atoms with Gasteiger partial charge in [-0.15, -0.1) is 0 Å². The lowest BCUT2D eigenvalue weighted by molar-refractivity contribution is 0.188. The van der Waals surface area contributed by atoms with Gasteiger partial charge in [0.25, 0.3) is 0 Å². The van der Waals surface area contributed by atoms with Crippen LogP contribution in [0.25, 0.3) is 0 Å². The van der Waals surface area contributed by atoms with Gasteiger partial charge in [0.15, 0.2) is 0 Å². The average molecular weight is 247 g/mol. The minimum absolute atomic E-state index is 0.455. The summed E-state index contributed by atoms with van der Waals surface area (Å²) in [5.41, 5.74) is 1.33. The van der Waals surface area contributed by atoms with E-state index in [4.69, 9.17) is 4.74 Å². The molecule has 0 saturated heterocycles. The number of benzene rings is 1. The molecular formula is C16H25NO. The van der Waals surface area contributed by atoms with Gasteiger partial charge in [0.2, 0.25) is 0 Å². The van der Waals surface area contributed by atoms with E-state index in [9.17, 15) is 0 Å². The Balaban J connectivity index is 1.90. The number of unbranched alkanes of at least 4 members (excludes halogenated alkanes) is 3. The molecule has 2 unspecified atom stereocenters. The van der Waals surface area contributed by atoms with Gasteiger partial charge in [0.05, 0.1) is 6.61 Å². The van der Waals surface area contributed by atoms with Crippen LogP contribution < -0.4 is 10.1 Å². The number of ether oxygens (including phenoxy) is 1. The first-order valence-corrected chi connectivity index (χ1v) is 7.28. The van der Waals surface area contributed by atoms with E-state index in [1.54, 1.807) is 0 Å². The minimum Gasteiger partial charge on any atom is -0.493 e. The lowest BCUT2D eigenvalue weighted by Crippen LogP contribution is -2.34. The Bertz CT molecular complexity index is 364. The molecule has 0 saturated carbocycles. The second-order valence-corrected chi connectivity index (χ2v) is 5.32. The van der Waals surface area contributed by atoms with E-state index in [0.717, 1.165) is 18.9 Å². The molecule has 1 aliphatic rings. The lowest BCUT2D eigenvalue weighted by Gasteiger charge is -2.32. The zero-order chi connectivity index (χ0) is 12.8. The van der Waals surface area contributed by atoms with Gasteiger partial charge >= 0.3 is 0 Å². The first-order valence-electron chi connectivity index (χ1n) is 7.28. The molecule has 1 aliphatic heterocycles. The Morgan fingerprint density at radius 3 is 2.89 bits per heavy atom. The van der Waals surface area contributed by atoms with Gasteiger partial charge in [-0.25, -0.2) is 0 Å². The van der Waals surface area contributed by atoms with Crippen LogP contribution >= 0.6 is 0 Å². The highest BCUT2D eigenvalue weighted by Gasteiger charge is 2.26. The molecule has 1 aromatic rings. The maximum Gasteiger partial charge on any atom is 0.124 e. The van der Waals surface area contributed by atoms with Crippen LogP contribution in [0.4, 0.5) is 0 Å². The summed E-state index contributed by atoms with van der Waals surface area (Å²) in [6, 6.07) is 8.87. The fourth-order valence-electron chi connectivity index (χ4n) is 2.61. The summed E-state index contributed by atoms with van der Waals surface area (Å²) in [7, 11) is 0. The van der Waals surface area contributed by atoms with Crippen molar-refractivity contribution in [2.45, 2.75) is 45.6 Å². The normalized spacial score (nSPS) is 22.3. The first-order chi connectivity index (χ1) is 8.83. The van der Waals surface area contributed by atoms with Crippen LogP contribution in [0.15, 0.2) is 24.3 Å². The molecule has 0 aliphatic carbocycles. The van der Waals surface area contributed by atoms with Crippen molar-refractivity contribution in [1.29, 1.82) is 0 Å². The SMILES string of the molecule is CCCCCCNC1c2ccccc2OCC1C. The Morgan fingerprint density at radius 1 is 1.22 bits per heavy atom. The van der Waals surface area contributed by atoms with Gasteiger partial charge in [0, 0.05) is 17.5 Å². The van der Waals surface area contributed by atoms with Crippen molar-refractivity contribution in [3.8, 4) is 5.75 Å². The topological polar surface area (TPSA) is 21.3 Å². The Kier molecular flexibility index (Phi) is 5.06. The predicted molar refractivity (Wildman–Crippen MR) is 76.0 cm³/mol. The first kappa shape index (κ1) is 13.4. The van der Waals surface area contributed by atoms with Crippen molar-refractivity contribution >= 4 is 0 Å². The summed E-state index contributed by atoms with van der Waals surface area (Å²) in [5, 5.41) is 3.71. The molecule has 2 rings (SSSR count). The Morgan fingerprint density at radius 2 is 2.06 bits per heavy atom. The second-order valence-electron chi connectivity index (χ2n) is 5.32. The highest BCUT2D eigenvalue weighted by molar-refractivity contribution is 5.37. The van der Waals surface area contributed by atoms with E-state index < -0.39 is 0 Å². The molecule has 1 aromatic carbocycles. The highest BCUT2D eigenvalue weighted by Crippen LogP contribution is 2.34. The molecule has 0 bridgehead atoms. The van der Waals surface area contributed by atoms with Crippen molar-refractivity contribution in [3.05, 3.63) is 29.8 Å². The van der Waals surface area contributed by atoms with E-state index in [2.05, 4.69) is 37.4 Å². The fraction of sp³-hybridized carbons (Fsp3) is 0.625. The lowest BCUT2D eigenvalue weighted by atomic mass is 9.92. The Hall–Kier alpha value is -1.02. The predicted octanol–water partition coefficient (Wildman–Crippen LogP) is 3.93. The summed E-state index contributed by atoms with van der Waals surface area (Å²) in [6.45, 7) is 6.46. The molecule has 0 radical (unpaired) electrons. The quantitative estimate of drug-likeness (QED) is 0.769. The average Bonchev–Trinajstić information content (AvgIpc) is 2.41. The number of rotatable bonds is 6. The van der Waals surface area contributed by atoms with Crippen molar-refractivity contribution in [2.24, 2.45) is 5.92 Å². The third-order valence-corrected chi connectivity index (χ3v) is 3.72. The standard InChI is InChI=1S/C16H25NO/c1-3-4-5-8-11-17-16-13(2)12-18-15-10-7-6-9-14(15)16/h6-7,9-10,13,16-17H,3-5,8,11-12H2,1-2H3. The van der Waals surface area contributed by atoms with Gasteiger partial charge in [-0.05, 0) is 19.0 Å². The molecule has 18 heavy (non-hydrogen) atoms. The molecule has 2 heteroatoms. The molecule has 100 valence electrons. The van der Waals surface area contributed by atoms with Crippen molar-refractivity contribution < 1.29 is 4.74 Å². The highest BCUT2D eigenvalue weighted by atomic mass is 16.5. The molecule has 1 N–H and O–H groups in total. The van der Waals surface area contributed by atoms with Gasteiger partial charge < -0.3 is 10.1 Å². The fourth-order valence-corrected chi connectivity index (χ4v) is 2.61. The number of fused-ring (bicyclic) bond motifs is 1. The van der Waals surface area contributed by atoms with Crippen molar-refractivity contribution in [1.82, 2.24) is 5.32 Å². The molecule has 2 atom stereocenters. The van der Waals surface area contributed by atoms with Crippen LogP contribution in [0.5, 0.6) is 5.75 Å². The third kappa shape index (κ3) is 3.26. The summed E-state index contributed by atoms with van der Waals surface area (Å²) < 4.78 is 5.77. The Labute approximate surface area is 111 Å². The van der Waals surface area contributed by atoms with Crippen molar-refractivity contribution in [2.75, 3.05) is 13.2 Å². The monoisotopic (exact) mass is 247 g/mol. The molecule has 1 heterocycles. The van der Waals surface area contributed by atoms with Crippen molar-refractivity contribution in [3.63, 3.8) is 0 Å². The van der Waals surface area contributed by atoms with Crippen LogP contribution in [0, 0.1) is 5.92 Å². The molecule has 0 fully saturated rings. The molecule has 0 spiro atoms. The maximum absolute atomic E-state index is 5.77. The molecule has 0 amide bonds. The van der Waals surface area contributed by atoms with Crippen LogP contribution in [-0.2, 0) is 0 Å². The van der Waals surface area contributed by atoms with E-state index in [-0.39, 0.29) is 0 Å². The van der Waals surface area contributed by atoms with Crippen LogP contribution in [-0.4, -0.2) is 13.2 Å². The van der Waals surface area contributed by atoms with E-state index in [1.165, 1.54) is 31.2 Å². The number of para-hydroxylation sites is 1. The van der Waals surface area contributed by atoms with Gasteiger partial charge in [0.1, 0.15) is 5.75 Å². The summed E-state index contributed by atoms with van der Waals surface area (Å²) in [5.74, 6) is 1.60. The van der Waals surface area contributed by atoms with Gasteiger partial charge in [-0.3, -0.25) is 0 Å². The third-order valence-electron chi connectivity index (χ3n) is 3.72. The summed E-state index contributed by atoms with van der Waals surface area (Å²) in [6.07, 6.45) is 5.26. The number of nitrogens with one attached hydrogen (secondary N) is 1. The van der Waals surface area contributed by atoms with Crippen LogP contribution in [0.3, 0.4) is 0 Å². The van der Waals surface area contributed by atoms with E-state index in [0.29, 0.717) is 12.0 Å². The zero-order valence-electron chi connectivity index (χ0n) is 11.6. The second kappa shape index (κ2) is 6.79. The van der Waals surface area contributed by atoms with E-state index in [1.807, 2.05) is 6.07 Å². The minimum atomic E-state index is 0.455. The largest absolute Gasteiger partial charge is 0.493 e. The van der Waals surface area contributed by atoms with Crippen LogP contribution in [0.1, 0.15) is 51.1 Å². The molecular weight excluding hydrogens is 222 g/mol. The van der Waals surface area contributed by atoms with Gasteiger partial charge in [-0.2, -0.15) is 0 Å². The van der Waals surface area contributed by atoms with Crippen LogP contribution in [0.2, 0.25) is 0 Å². The summed E-state index contributed by atoms with van der Waals surface area (Å²) in [4.78, 5) is 0. The van der Waals surface area contributed by atoms with Gasteiger partial charge in [-0.1, -0.05) is 51.3 Å². The van der Waals surface area contributed by atoms with E-state index >= 15 is 0 Å². The summed E-state index contributed by atoms with van der Waals surface area (Å²) >= 11 is 0. The maximum atomic E-state index is 5.77. The molecule has 2 nitrogen and oxygen atoms in total. The number of hydrogen-bond donors (Lipinski definition) is 1. The zero-order valence-corrected chi connectivity index (χ0v) is 11.6.